The molecule has 1 N–H and O–H groups in total. The van der Waals surface area contributed by atoms with Gasteiger partial charge in [0.25, 0.3) is 11.5 Å². The van der Waals surface area contributed by atoms with Crippen LogP contribution in [-0.4, -0.2) is 40.5 Å². The van der Waals surface area contributed by atoms with Crippen LogP contribution in [0.2, 0.25) is 0 Å². The van der Waals surface area contributed by atoms with Crippen LogP contribution in [0, 0.1) is 6.92 Å². The van der Waals surface area contributed by atoms with Gasteiger partial charge in [0.2, 0.25) is 0 Å². The summed E-state index contributed by atoms with van der Waals surface area (Å²) in [6.45, 7) is 3.14. The molecule has 1 aliphatic heterocycles. The van der Waals surface area contributed by atoms with E-state index in [1.807, 2.05) is 12.1 Å². The van der Waals surface area contributed by atoms with Gasteiger partial charge in [-0.1, -0.05) is 6.07 Å². The Hall–Kier alpha value is -2.47. The molecular weight excluding hydrogens is 330 g/mol. The largest absolute Gasteiger partial charge is 0.367 e. The Kier molecular flexibility index (Phi) is 4.59. The van der Waals surface area contributed by atoms with E-state index in [2.05, 4.69) is 16.0 Å². The highest BCUT2D eigenvalue weighted by Gasteiger charge is 2.28. The molecule has 6 heteroatoms. The van der Waals surface area contributed by atoms with Crippen LogP contribution in [0.3, 0.4) is 0 Å². The van der Waals surface area contributed by atoms with E-state index in [1.54, 1.807) is 11.8 Å². The summed E-state index contributed by atoms with van der Waals surface area (Å²) in [5.74, 6) is 0.500. The Bertz CT molecular complexity index is 890. The zero-order valence-electron chi connectivity index (χ0n) is 15.0. The average molecular weight is 353 g/mol. The van der Waals surface area contributed by atoms with Gasteiger partial charge in [-0.25, -0.2) is 4.98 Å². The van der Waals surface area contributed by atoms with E-state index in [1.165, 1.54) is 30.0 Å². The van der Waals surface area contributed by atoms with E-state index in [-0.39, 0.29) is 11.5 Å². The van der Waals surface area contributed by atoms with Crippen LogP contribution in [0.15, 0.2) is 29.1 Å². The Morgan fingerprint density at radius 3 is 2.85 bits per heavy atom. The predicted octanol–water partition coefficient (Wildman–Crippen LogP) is 2.17. The van der Waals surface area contributed by atoms with Gasteiger partial charge in [0.05, 0.1) is 13.2 Å². The second-order valence-corrected chi connectivity index (χ2v) is 7.07. The highest BCUT2D eigenvalue weighted by atomic mass is 16.5. The number of H-pyrrole nitrogens is 1. The minimum Gasteiger partial charge on any atom is -0.367 e. The third kappa shape index (κ3) is 3.42. The van der Waals surface area contributed by atoms with Gasteiger partial charge >= 0.3 is 0 Å². The molecule has 2 aromatic rings. The fourth-order valence-corrected chi connectivity index (χ4v) is 3.80. The number of amides is 1. The number of rotatable bonds is 2. The van der Waals surface area contributed by atoms with Crippen LogP contribution >= 0.6 is 0 Å². The first kappa shape index (κ1) is 17.0. The van der Waals surface area contributed by atoms with Gasteiger partial charge < -0.3 is 14.6 Å². The van der Waals surface area contributed by atoms with Gasteiger partial charge in [-0.15, -0.1) is 0 Å². The van der Waals surface area contributed by atoms with E-state index in [0.29, 0.717) is 31.2 Å². The van der Waals surface area contributed by atoms with Gasteiger partial charge in [0, 0.05) is 23.9 Å². The second kappa shape index (κ2) is 7.03. The highest BCUT2D eigenvalue weighted by Crippen LogP contribution is 2.24. The van der Waals surface area contributed by atoms with Crippen LogP contribution in [0.25, 0.3) is 0 Å². The number of benzene rings is 1. The molecule has 2 aliphatic rings. The maximum absolute atomic E-state index is 13.0. The minimum absolute atomic E-state index is 0.0154. The lowest BCUT2D eigenvalue weighted by Crippen LogP contribution is -2.43. The van der Waals surface area contributed by atoms with E-state index in [9.17, 15) is 9.59 Å². The van der Waals surface area contributed by atoms with Crippen molar-refractivity contribution in [2.45, 2.75) is 38.7 Å². The summed E-state index contributed by atoms with van der Waals surface area (Å²) >= 11 is 0. The smallest absolute Gasteiger partial charge is 0.254 e. The van der Waals surface area contributed by atoms with Crippen molar-refractivity contribution in [3.63, 3.8) is 0 Å². The summed E-state index contributed by atoms with van der Waals surface area (Å²) in [5.41, 5.74) is 3.85. The van der Waals surface area contributed by atoms with Crippen molar-refractivity contribution in [3.8, 4) is 0 Å². The number of aryl methyl sites for hydroxylation is 3. The molecule has 4 rings (SSSR count). The van der Waals surface area contributed by atoms with Crippen molar-refractivity contribution in [2.24, 2.45) is 0 Å². The zero-order valence-corrected chi connectivity index (χ0v) is 15.0. The van der Waals surface area contributed by atoms with E-state index in [4.69, 9.17) is 4.74 Å². The van der Waals surface area contributed by atoms with Crippen LogP contribution in [0.5, 0.6) is 0 Å². The summed E-state index contributed by atoms with van der Waals surface area (Å²) in [4.78, 5) is 33.6. The zero-order chi connectivity index (χ0) is 18.1. The molecular formula is C20H23N3O3. The third-order valence-corrected chi connectivity index (χ3v) is 5.14. The molecule has 1 saturated heterocycles. The van der Waals surface area contributed by atoms with Crippen LogP contribution < -0.4 is 5.56 Å². The number of hydrogen-bond donors (Lipinski definition) is 1. The van der Waals surface area contributed by atoms with Gasteiger partial charge in [-0.3, -0.25) is 9.59 Å². The number of nitrogens with one attached hydrogen (secondary N) is 1. The number of carbonyl (C=O) groups is 1. The fraction of sp³-hybridized carbons (Fsp3) is 0.450. The summed E-state index contributed by atoms with van der Waals surface area (Å²) in [6, 6.07) is 7.53. The van der Waals surface area contributed by atoms with Crippen LogP contribution in [0.1, 0.15) is 51.9 Å². The average Bonchev–Trinajstić information content (AvgIpc) is 2.66. The molecule has 0 radical (unpaired) electrons. The molecule has 6 nitrogen and oxygen atoms in total. The SMILES string of the molecule is Cc1cc(=O)[nH]c(C2CN(C(=O)c3ccc4c(c3)CCCC4)CCO2)n1. The summed E-state index contributed by atoms with van der Waals surface area (Å²) < 4.78 is 5.75. The minimum atomic E-state index is -0.405. The number of aromatic nitrogens is 2. The molecule has 0 spiro atoms. The standard InChI is InChI=1S/C20H23N3O3/c1-13-10-18(24)22-19(21-13)17-12-23(8-9-26-17)20(25)16-7-6-14-4-2-3-5-15(14)11-16/h6-7,10-11,17H,2-5,8-9,12H2,1H3,(H,21,22,24). The van der Waals surface area contributed by atoms with Crippen molar-refractivity contribution >= 4 is 5.91 Å². The van der Waals surface area contributed by atoms with E-state index in [0.717, 1.165) is 18.4 Å². The van der Waals surface area contributed by atoms with Gasteiger partial charge in [-0.2, -0.15) is 0 Å². The molecule has 136 valence electrons. The first-order valence-electron chi connectivity index (χ1n) is 9.21. The second-order valence-electron chi connectivity index (χ2n) is 7.07. The predicted molar refractivity (Wildman–Crippen MR) is 97.3 cm³/mol. The third-order valence-electron chi connectivity index (χ3n) is 5.14. The summed E-state index contributed by atoms with van der Waals surface area (Å²) in [6.07, 6.45) is 4.17. The molecule has 1 fully saturated rings. The number of fused-ring (bicyclic) bond motifs is 1. The van der Waals surface area contributed by atoms with Crippen LogP contribution in [0.4, 0.5) is 0 Å². The van der Waals surface area contributed by atoms with Crippen molar-refractivity contribution in [3.05, 3.63) is 62.8 Å². The normalized spacial score (nSPS) is 19.9. The molecule has 2 heterocycles. The van der Waals surface area contributed by atoms with Crippen LogP contribution in [-0.2, 0) is 17.6 Å². The fourth-order valence-electron chi connectivity index (χ4n) is 3.80. The Balaban J connectivity index is 1.54. The summed E-state index contributed by atoms with van der Waals surface area (Å²) in [5, 5.41) is 0. The maximum atomic E-state index is 13.0. The maximum Gasteiger partial charge on any atom is 0.254 e. The van der Waals surface area contributed by atoms with Crippen molar-refractivity contribution < 1.29 is 9.53 Å². The van der Waals surface area contributed by atoms with E-state index < -0.39 is 6.10 Å². The quantitative estimate of drug-likeness (QED) is 0.898. The lowest BCUT2D eigenvalue weighted by atomic mass is 9.90. The summed E-state index contributed by atoms with van der Waals surface area (Å²) in [7, 11) is 0. The van der Waals surface area contributed by atoms with E-state index >= 15 is 0 Å². The lowest BCUT2D eigenvalue weighted by molar-refractivity contribution is -0.0269. The molecule has 1 aromatic carbocycles. The molecule has 1 unspecified atom stereocenters. The molecule has 26 heavy (non-hydrogen) atoms. The number of ether oxygens (including phenoxy) is 1. The first-order valence-corrected chi connectivity index (χ1v) is 9.21. The first-order chi connectivity index (χ1) is 12.6. The molecule has 1 aliphatic carbocycles. The van der Waals surface area contributed by atoms with Gasteiger partial charge in [0.15, 0.2) is 0 Å². The number of nitrogens with zero attached hydrogens (tertiary/aromatic N) is 2. The molecule has 0 saturated carbocycles. The van der Waals surface area contributed by atoms with Gasteiger partial charge in [-0.05, 0) is 55.9 Å². The molecule has 0 bridgehead atoms. The monoisotopic (exact) mass is 353 g/mol. The Labute approximate surface area is 152 Å². The Morgan fingerprint density at radius 1 is 1.23 bits per heavy atom. The topological polar surface area (TPSA) is 75.3 Å². The molecule has 1 amide bonds. The number of carbonyl (C=O) groups excluding carboxylic acids is 1. The number of morpholine rings is 1. The Morgan fingerprint density at radius 2 is 2.04 bits per heavy atom. The van der Waals surface area contributed by atoms with Crippen molar-refractivity contribution in [1.82, 2.24) is 14.9 Å². The number of hydrogen-bond acceptors (Lipinski definition) is 4. The van der Waals surface area contributed by atoms with Gasteiger partial charge in [0.1, 0.15) is 11.9 Å². The molecule has 1 atom stereocenters. The highest BCUT2D eigenvalue weighted by molar-refractivity contribution is 5.94. The van der Waals surface area contributed by atoms with Crippen molar-refractivity contribution in [1.29, 1.82) is 0 Å². The lowest BCUT2D eigenvalue weighted by Gasteiger charge is -2.32. The van der Waals surface area contributed by atoms with Crippen molar-refractivity contribution in [2.75, 3.05) is 19.7 Å². The molecule has 1 aromatic heterocycles. The number of aromatic amines is 1.